The molecule has 150 valence electrons. The lowest BCUT2D eigenvalue weighted by Gasteiger charge is -2.26. The molecule has 0 atom stereocenters. The van der Waals surface area contributed by atoms with Crippen LogP contribution >= 0.6 is 0 Å². The van der Waals surface area contributed by atoms with Gasteiger partial charge in [-0.3, -0.25) is 4.90 Å². The highest BCUT2D eigenvalue weighted by molar-refractivity contribution is 5.80. The molecular formula is C21H30N6O. The minimum atomic E-state index is 0.555. The quantitative estimate of drug-likeness (QED) is 0.762. The van der Waals surface area contributed by atoms with Crippen LogP contribution in [-0.4, -0.2) is 47.8 Å². The van der Waals surface area contributed by atoms with Gasteiger partial charge in [0.25, 0.3) is 0 Å². The van der Waals surface area contributed by atoms with Gasteiger partial charge in [0.15, 0.2) is 11.6 Å². The van der Waals surface area contributed by atoms with Crippen LogP contribution in [0.25, 0.3) is 0 Å². The molecule has 3 heterocycles. The Balaban J connectivity index is 1.42. The number of ether oxygens (including phenoxy) is 1. The average molecular weight is 383 g/mol. The molecule has 0 unspecified atom stereocenters. The summed E-state index contributed by atoms with van der Waals surface area (Å²) in [5, 5.41) is 3.35. The number of morpholine rings is 1. The fourth-order valence-corrected chi connectivity index (χ4v) is 3.73. The zero-order valence-corrected chi connectivity index (χ0v) is 16.7. The molecule has 7 heteroatoms. The van der Waals surface area contributed by atoms with Crippen molar-refractivity contribution in [2.24, 2.45) is 0 Å². The Kier molecular flexibility index (Phi) is 5.92. The standard InChI is InChI=1S/C21H30N6O/c1-2-3-4-18-24-20(22)19-21(25-18)27(15-23-19)14-17-7-5-16(6-8-17)13-26-9-11-28-12-10-26/h5-8,23H,2-4,9-15H2,1H3,(H2,22,24,25). The van der Waals surface area contributed by atoms with Crippen molar-refractivity contribution in [3.05, 3.63) is 41.2 Å². The SMILES string of the molecule is CCCCc1nc(N)c2c(n1)N(Cc1ccc(CN3CCOCC3)cc1)CN2. The number of aromatic nitrogens is 2. The first kappa shape index (κ1) is 19.0. The number of rotatable bonds is 7. The van der Waals surface area contributed by atoms with E-state index in [0.717, 1.165) is 76.0 Å². The highest BCUT2D eigenvalue weighted by Crippen LogP contribution is 2.34. The number of hydrogen-bond acceptors (Lipinski definition) is 7. The van der Waals surface area contributed by atoms with E-state index in [9.17, 15) is 0 Å². The number of benzene rings is 1. The van der Waals surface area contributed by atoms with Crippen molar-refractivity contribution in [1.29, 1.82) is 0 Å². The van der Waals surface area contributed by atoms with Gasteiger partial charge in [0, 0.05) is 32.6 Å². The lowest BCUT2D eigenvalue weighted by Crippen LogP contribution is -2.35. The summed E-state index contributed by atoms with van der Waals surface area (Å²) < 4.78 is 5.43. The maximum Gasteiger partial charge on any atom is 0.159 e. The molecule has 3 N–H and O–H groups in total. The Morgan fingerprint density at radius 3 is 2.50 bits per heavy atom. The van der Waals surface area contributed by atoms with Crippen molar-refractivity contribution >= 4 is 17.3 Å². The summed E-state index contributed by atoms with van der Waals surface area (Å²) in [6, 6.07) is 8.90. The second-order valence-corrected chi connectivity index (χ2v) is 7.57. The zero-order chi connectivity index (χ0) is 19.3. The minimum absolute atomic E-state index is 0.555. The van der Waals surface area contributed by atoms with Crippen LogP contribution < -0.4 is 16.0 Å². The van der Waals surface area contributed by atoms with Gasteiger partial charge in [-0.15, -0.1) is 0 Å². The number of nitrogens with one attached hydrogen (secondary N) is 1. The summed E-state index contributed by atoms with van der Waals surface area (Å²) in [5.74, 6) is 2.32. The van der Waals surface area contributed by atoms with Gasteiger partial charge in [0.1, 0.15) is 11.5 Å². The van der Waals surface area contributed by atoms with Gasteiger partial charge < -0.3 is 20.7 Å². The molecule has 0 spiro atoms. The number of unbranched alkanes of at least 4 members (excludes halogenated alkanes) is 1. The van der Waals surface area contributed by atoms with E-state index in [-0.39, 0.29) is 0 Å². The molecule has 0 amide bonds. The molecule has 7 nitrogen and oxygen atoms in total. The summed E-state index contributed by atoms with van der Waals surface area (Å²) in [6.07, 6.45) is 3.08. The second-order valence-electron chi connectivity index (χ2n) is 7.57. The van der Waals surface area contributed by atoms with Gasteiger partial charge in [-0.2, -0.15) is 0 Å². The van der Waals surface area contributed by atoms with E-state index in [1.807, 2.05) is 0 Å². The first-order chi connectivity index (χ1) is 13.7. The molecule has 28 heavy (non-hydrogen) atoms. The predicted molar refractivity (Wildman–Crippen MR) is 112 cm³/mol. The largest absolute Gasteiger partial charge is 0.382 e. The van der Waals surface area contributed by atoms with Crippen molar-refractivity contribution in [2.75, 3.05) is 48.9 Å². The molecule has 2 aliphatic heterocycles. The third-order valence-electron chi connectivity index (χ3n) is 5.37. The number of aryl methyl sites for hydroxylation is 1. The highest BCUT2D eigenvalue weighted by Gasteiger charge is 2.24. The Morgan fingerprint density at radius 1 is 1.07 bits per heavy atom. The van der Waals surface area contributed by atoms with E-state index in [1.165, 1.54) is 11.1 Å². The van der Waals surface area contributed by atoms with Crippen LogP contribution in [0, 0.1) is 0 Å². The third kappa shape index (κ3) is 4.36. The monoisotopic (exact) mass is 382 g/mol. The highest BCUT2D eigenvalue weighted by atomic mass is 16.5. The number of nitrogens with zero attached hydrogens (tertiary/aromatic N) is 4. The molecule has 1 saturated heterocycles. The molecule has 4 rings (SSSR count). The van der Waals surface area contributed by atoms with Crippen LogP contribution in [0.2, 0.25) is 0 Å². The first-order valence-corrected chi connectivity index (χ1v) is 10.3. The van der Waals surface area contributed by atoms with E-state index < -0.39 is 0 Å². The van der Waals surface area contributed by atoms with E-state index in [4.69, 9.17) is 15.5 Å². The van der Waals surface area contributed by atoms with Crippen LogP contribution in [0.3, 0.4) is 0 Å². The maximum atomic E-state index is 6.15. The lowest BCUT2D eigenvalue weighted by molar-refractivity contribution is 0.0342. The van der Waals surface area contributed by atoms with Gasteiger partial charge >= 0.3 is 0 Å². The van der Waals surface area contributed by atoms with Crippen LogP contribution in [0.15, 0.2) is 24.3 Å². The smallest absolute Gasteiger partial charge is 0.159 e. The van der Waals surface area contributed by atoms with Crippen molar-refractivity contribution in [2.45, 2.75) is 39.3 Å². The van der Waals surface area contributed by atoms with E-state index in [1.54, 1.807) is 0 Å². The summed E-state index contributed by atoms with van der Waals surface area (Å²) in [4.78, 5) is 13.9. The number of fused-ring (bicyclic) bond motifs is 1. The fourth-order valence-electron chi connectivity index (χ4n) is 3.73. The van der Waals surface area contributed by atoms with E-state index in [0.29, 0.717) is 12.5 Å². The Hall–Kier alpha value is -2.38. The number of hydrogen-bond donors (Lipinski definition) is 2. The summed E-state index contributed by atoms with van der Waals surface area (Å²) in [7, 11) is 0. The molecule has 2 aromatic rings. The van der Waals surface area contributed by atoms with E-state index in [2.05, 4.69) is 51.3 Å². The lowest BCUT2D eigenvalue weighted by atomic mass is 10.1. The minimum Gasteiger partial charge on any atom is -0.382 e. The topological polar surface area (TPSA) is 79.5 Å². The van der Waals surface area contributed by atoms with Crippen LogP contribution in [0.1, 0.15) is 36.7 Å². The van der Waals surface area contributed by atoms with Crippen molar-refractivity contribution in [3.8, 4) is 0 Å². The van der Waals surface area contributed by atoms with Gasteiger partial charge in [-0.1, -0.05) is 37.6 Å². The molecule has 0 aliphatic carbocycles. The molecule has 2 aliphatic rings. The molecule has 1 aromatic carbocycles. The maximum absolute atomic E-state index is 6.15. The van der Waals surface area contributed by atoms with Gasteiger partial charge in [0.05, 0.1) is 19.9 Å². The molecule has 0 radical (unpaired) electrons. The Labute approximate surface area is 166 Å². The summed E-state index contributed by atoms with van der Waals surface area (Å²) >= 11 is 0. The van der Waals surface area contributed by atoms with Crippen molar-refractivity contribution in [3.63, 3.8) is 0 Å². The summed E-state index contributed by atoms with van der Waals surface area (Å²) in [6.45, 7) is 8.38. The van der Waals surface area contributed by atoms with Crippen LogP contribution in [0.4, 0.5) is 17.3 Å². The summed E-state index contributed by atoms with van der Waals surface area (Å²) in [5.41, 5.74) is 9.64. The number of anilines is 3. The molecule has 1 fully saturated rings. The second kappa shape index (κ2) is 8.75. The Morgan fingerprint density at radius 2 is 1.79 bits per heavy atom. The number of nitrogen functional groups attached to an aromatic ring is 1. The Bertz CT molecular complexity index is 788. The predicted octanol–water partition coefficient (Wildman–Crippen LogP) is 2.62. The molecule has 1 aromatic heterocycles. The molecule has 0 saturated carbocycles. The normalized spacial score (nSPS) is 16.8. The van der Waals surface area contributed by atoms with Crippen LogP contribution in [0.5, 0.6) is 0 Å². The van der Waals surface area contributed by atoms with Crippen LogP contribution in [-0.2, 0) is 24.2 Å². The third-order valence-corrected chi connectivity index (χ3v) is 5.37. The van der Waals surface area contributed by atoms with E-state index >= 15 is 0 Å². The van der Waals surface area contributed by atoms with Gasteiger partial charge in [-0.25, -0.2) is 9.97 Å². The molecule has 0 bridgehead atoms. The van der Waals surface area contributed by atoms with Gasteiger partial charge in [0.2, 0.25) is 0 Å². The van der Waals surface area contributed by atoms with Crippen molar-refractivity contribution in [1.82, 2.24) is 14.9 Å². The van der Waals surface area contributed by atoms with Gasteiger partial charge in [-0.05, 0) is 17.5 Å². The van der Waals surface area contributed by atoms with Crippen molar-refractivity contribution < 1.29 is 4.74 Å². The average Bonchev–Trinajstić information content (AvgIpc) is 3.12. The zero-order valence-electron chi connectivity index (χ0n) is 16.7. The fraction of sp³-hybridized carbons (Fsp3) is 0.524. The number of nitrogens with two attached hydrogens (primary N) is 1. The molecular weight excluding hydrogens is 352 g/mol. The first-order valence-electron chi connectivity index (χ1n) is 10.3.